The molecule has 0 atom stereocenters. The Morgan fingerprint density at radius 3 is 2.03 bits per heavy atom. The summed E-state index contributed by atoms with van der Waals surface area (Å²) in [7, 11) is 1.64. The van der Waals surface area contributed by atoms with Crippen LogP contribution in [0.1, 0.15) is 52.0 Å². The van der Waals surface area contributed by atoms with Gasteiger partial charge in [-0.3, -0.25) is 9.59 Å². The molecule has 0 unspecified atom stereocenters. The number of amides is 2. The van der Waals surface area contributed by atoms with Crippen LogP contribution in [-0.2, 0) is 4.74 Å². The van der Waals surface area contributed by atoms with E-state index < -0.39 is 0 Å². The molecule has 0 heterocycles. The fourth-order valence-corrected chi connectivity index (χ4v) is 3.52. The van der Waals surface area contributed by atoms with Gasteiger partial charge in [0.15, 0.2) is 0 Å². The highest BCUT2D eigenvalue weighted by Gasteiger charge is 2.25. The third-order valence-corrected chi connectivity index (χ3v) is 5.96. The van der Waals surface area contributed by atoms with Crippen molar-refractivity contribution in [2.75, 3.05) is 13.7 Å². The number of nitrogens with one attached hydrogen (secondary N) is 2. The van der Waals surface area contributed by atoms with Gasteiger partial charge < -0.3 is 15.4 Å². The normalized spacial score (nSPS) is 15.1. The van der Waals surface area contributed by atoms with Gasteiger partial charge in [0.25, 0.3) is 11.8 Å². The number of rotatable bonds is 7. The molecule has 170 valence electrons. The van der Waals surface area contributed by atoms with Gasteiger partial charge in [-0.05, 0) is 61.6 Å². The Morgan fingerprint density at radius 1 is 0.969 bits per heavy atom. The molecule has 2 N–H and O–H groups in total. The maximum Gasteiger partial charge on any atom is 0.253 e. The first-order chi connectivity index (χ1) is 15.4. The van der Waals surface area contributed by atoms with Crippen molar-refractivity contribution >= 4 is 57.0 Å². The second-order valence-corrected chi connectivity index (χ2v) is 9.45. The van der Waals surface area contributed by atoms with Crippen LogP contribution in [0.2, 0.25) is 10.0 Å². The van der Waals surface area contributed by atoms with E-state index in [9.17, 15) is 9.59 Å². The van der Waals surface area contributed by atoms with Crippen LogP contribution >= 0.6 is 39.1 Å². The topological polar surface area (TPSA) is 67.4 Å². The van der Waals surface area contributed by atoms with Crippen molar-refractivity contribution in [1.29, 1.82) is 0 Å². The lowest BCUT2D eigenvalue weighted by atomic mass is 10.1. The summed E-state index contributed by atoms with van der Waals surface area (Å²) in [5, 5.41) is 6.80. The third kappa shape index (κ3) is 7.93. The molecule has 8 heteroatoms. The molecule has 2 amide bonds. The summed E-state index contributed by atoms with van der Waals surface area (Å²) in [4.78, 5) is 23.6. The van der Waals surface area contributed by atoms with Gasteiger partial charge in [-0.1, -0.05) is 57.4 Å². The van der Waals surface area contributed by atoms with Gasteiger partial charge in [-0.2, -0.15) is 0 Å². The first-order valence-corrected chi connectivity index (χ1v) is 11.9. The van der Waals surface area contributed by atoms with E-state index in [4.69, 9.17) is 27.9 Å². The molecule has 2 aliphatic carbocycles. The highest BCUT2D eigenvalue weighted by atomic mass is 79.9. The number of hydrogen-bond acceptors (Lipinski definition) is 3. The Balaban J connectivity index is 0.000000186. The summed E-state index contributed by atoms with van der Waals surface area (Å²) >= 11 is 15.3. The van der Waals surface area contributed by atoms with Crippen LogP contribution in [0.3, 0.4) is 0 Å². The van der Waals surface area contributed by atoms with E-state index >= 15 is 0 Å². The lowest BCUT2D eigenvalue weighted by Gasteiger charge is -2.06. The number of methoxy groups -OCH3 is 1. The lowest BCUT2D eigenvalue weighted by molar-refractivity contribution is 0.0942. The van der Waals surface area contributed by atoms with Crippen LogP contribution < -0.4 is 10.6 Å². The zero-order valence-corrected chi connectivity index (χ0v) is 20.8. The molecule has 2 saturated carbocycles. The largest absolute Gasteiger partial charge is 0.381 e. The van der Waals surface area contributed by atoms with E-state index in [1.807, 2.05) is 24.3 Å². The predicted molar refractivity (Wildman–Crippen MR) is 132 cm³/mol. The molecule has 0 bridgehead atoms. The van der Waals surface area contributed by atoms with Gasteiger partial charge in [-0.15, -0.1) is 0 Å². The predicted octanol–water partition coefficient (Wildman–Crippen LogP) is 5.89. The fourth-order valence-electron chi connectivity index (χ4n) is 2.75. The Kier molecular flexibility index (Phi) is 9.17. The first kappa shape index (κ1) is 24.8. The van der Waals surface area contributed by atoms with Crippen molar-refractivity contribution in [3.05, 3.63) is 73.7 Å². The molecular formula is C24H25BrCl2N2O3. The van der Waals surface area contributed by atoms with Crippen LogP contribution in [0.15, 0.2) is 46.9 Å². The molecule has 2 aromatic rings. The quantitative estimate of drug-likeness (QED) is 0.461. The second-order valence-electron chi connectivity index (χ2n) is 7.72. The second kappa shape index (κ2) is 11.8. The number of hydrogen-bond donors (Lipinski definition) is 2. The molecule has 2 fully saturated rings. The minimum atomic E-state index is -0.0931. The van der Waals surface area contributed by atoms with Crippen molar-refractivity contribution < 1.29 is 14.3 Å². The van der Waals surface area contributed by atoms with Gasteiger partial charge in [0.2, 0.25) is 0 Å². The van der Waals surface area contributed by atoms with Crippen LogP contribution in [0.25, 0.3) is 6.08 Å². The smallest absolute Gasteiger partial charge is 0.253 e. The number of ether oxygens (including phenoxy) is 1. The van der Waals surface area contributed by atoms with E-state index in [0.717, 1.165) is 35.7 Å². The summed E-state index contributed by atoms with van der Waals surface area (Å²) in [6.45, 7) is 0.548. The zero-order chi connectivity index (χ0) is 23.1. The molecule has 0 saturated heterocycles. The van der Waals surface area contributed by atoms with Crippen LogP contribution in [0.5, 0.6) is 0 Å². The van der Waals surface area contributed by atoms with Crippen LogP contribution in [0, 0.1) is 0 Å². The van der Waals surface area contributed by atoms with E-state index in [1.54, 1.807) is 31.4 Å². The van der Waals surface area contributed by atoms with E-state index in [-0.39, 0.29) is 11.8 Å². The minimum absolute atomic E-state index is 0.0844. The standard InChI is InChI=1S/C14H16ClNO2.C10H9BrClNO/c1-18-8-2-3-10-4-7-13(15)12(9-10)14(17)16-11-5-6-11;11-6-1-4-9(12)8(5-6)10(14)13-7-2-3-7/h2-4,7,9,11H,5-6,8H2,1H3,(H,16,17);1,4-5,7H,2-3H2,(H,13,14). The molecule has 0 radical (unpaired) electrons. The van der Waals surface area contributed by atoms with E-state index in [2.05, 4.69) is 26.6 Å². The molecule has 32 heavy (non-hydrogen) atoms. The average molecular weight is 540 g/mol. The maximum absolute atomic E-state index is 12.0. The maximum atomic E-state index is 12.0. The lowest BCUT2D eigenvalue weighted by Crippen LogP contribution is -2.25. The van der Waals surface area contributed by atoms with Gasteiger partial charge in [0.1, 0.15) is 0 Å². The van der Waals surface area contributed by atoms with Crippen molar-refractivity contribution in [3.8, 4) is 0 Å². The molecule has 0 aliphatic heterocycles. The van der Waals surface area contributed by atoms with Crippen molar-refractivity contribution in [3.63, 3.8) is 0 Å². The highest BCUT2D eigenvalue weighted by Crippen LogP contribution is 2.24. The van der Waals surface area contributed by atoms with Gasteiger partial charge >= 0.3 is 0 Å². The number of benzene rings is 2. The Morgan fingerprint density at radius 2 is 1.50 bits per heavy atom. The fraction of sp³-hybridized carbons (Fsp3) is 0.333. The van der Waals surface area contributed by atoms with E-state index in [0.29, 0.717) is 39.9 Å². The van der Waals surface area contributed by atoms with Crippen molar-refractivity contribution in [1.82, 2.24) is 10.6 Å². The summed E-state index contributed by atoms with van der Waals surface area (Å²) in [5.74, 6) is -0.178. The number of halogens is 3. The van der Waals surface area contributed by atoms with Gasteiger partial charge in [0, 0.05) is 23.7 Å². The molecule has 2 aliphatic rings. The number of carbonyl (C=O) groups excluding carboxylic acids is 2. The van der Waals surface area contributed by atoms with Gasteiger partial charge in [0.05, 0.1) is 27.8 Å². The van der Waals surface area contributed by atoms with Crippen molar-refractivity contribution in [2.45, 2.75) is 37.8 Å². The summed E-state index contributed by atoms with van der Waals surface area (Å²) < 4.78 is 5.80. The monoisotopic (exact) mass is 538 g/mol. The summed E-state index contributed by atoms with van der Waals surface area (Å²) in [6.07, 6.45) is 8.10. The first-order valence-electron chi connectivity index (χ1n) is 10.4. The van der Waals surface area contributed by atoms with Crippen molar-refractivity contribution in [2.24, 2.45) is 0 Å². The summed E-state index contributed by atoms with van der Waals surface area (Å²) in [6, 6.07) is 11.4. The SMILES string of the molecule is COCC=Cc1ccc(Cl)c(C(=O)NC2CC2)c1.O=C(NC1CC1)c1cc(Br)ccc1Cl. The number of carbonyl (C=O) groups is 2. The highest BCUT2D eigenvalue weighted by molar-refractivity contribution is 9.10. The van der Waals surface area contributed by atoms with E-state index in [1.165, 1.54) is 0 Å². The van der Waals surface area contributed by atoms with Crippen LogP contribution in [0.4, 0.5) is 0 Å². The Bertz CT molecular complexity index is 1000. The zero-order valence-electron chi connectivity index (χ0n) is 17.7. The molecule has 4 rings (SSSR count). The molecule has 2 aromatic carbocycles. The third-order valence-electron chi connectivity index (χ3n) is 4.81. The summed E-state index contributed by atoms with van der Waals surface area (Å²) in [5.41, 5.74) is 2.01. The molecule has 0 aromatic heterocycles. The molecular weight excluding hydrogens is 515 g/mol. The minimum Gasteiger partial charge on any atom is -0.381 e. The molecule has 0 spiro atoms. The Hall–Kier alpha value is -1.86. The van der Waals surface area contributed by atoms with Crippen LogP contribution in [-0.4, -0.2) is 37.6 Å². The average Bonchev–Trinajstić information content (AvgIpc) is 3.69. The Labute approximate surface area is 206 Å². The molecule has 5 nitrogen and oxygen atoms in total. The van der Waals surface area contributed by atoms with Gasteiger partial charge in [-0.25, -0.2) is 0 Å².